The molecule has 20 heavy (non-hydrogen) atoms. The van der Waals surface area contributed by atoms with Crippen LogP contribution in [0.25, 0.3) is 0 Å². The number of hydrogen-bond acceptors (Lipinski definition) is 2. The van der Waals surface area contributed by atoms with Crippen LogP contribution in [-0.4, -0.2) is 32.5 Å². The molecule has 1 N–H and O–H groups in total. The van der Waals surface area contributed by atoms with Crippen molar-refractivity contribution in [2.75, 3.05) is 26.3 Å². The summed E-state index contributed by atoms with van der Waals surface area (Å²) in [5.41, 5.74) is 0.492. The van der Waals surface area contributed by atoms with Gasteiger partial charge in [-0.2, -0.15) is 13.2 Å². The van der Waals surface area contributed by atoms with Gasteiger partial charge in [-0.25, -0.2) is 4.39 Å². The Labute approximate surface area is 116 Å². The molecule has 1 aromatic rings. The van der Waals surface area contributed by atoms with E-state index in [1.54, 1.807) is 18.2 Å². The number of hydrogen-bond donors (Lipinski definition) is 1. The molecule has 1 atom stereocenters. The molecule has 0 heterocycles. The van der Waals surface area contributed by atoms with Crippen LogP contribution in [0.15, 0.2) is 24.3 Å². The number of ether oxygens (including phenoxy) is 1. The molecule has 0 aromatic heterocycles. The quantitative estimate of drug-likeness (QED) is 0.743. The average Bonchev–Trinajstić information content (AvgIpc) is 2.36. The van der Waals surface area contributed by atoms with Crippen LogP contribution >= 0.6 is 0 Å². The first-order valence-corrected chi connectivity index (χ1v) is 6.51. The normalized spacial score (nSPS) is 13.4. The first kappa shape index (κ1) is 16.9. The predicted molar refractivity (Wildman–Crippen MR) is 69.0 cm³/mol. The minimum Gasteiger partial charge on any atom is -0.372 e. The van der Waals surface area contributed by atoms with Crippen molar-refractivity contribution in [3.05, 3.63) is 35.6 Å². The highest BCUT2D eigenvalue weighted by Gasteiger charge is 2.28. The number of rotatable bonds is 8. The van der Waals surface area contributed by atoms with E-state index in [2.05, 4.69) is 10.1 Å². The number of nitrogens with one attached hydrogen (secondary N) is 1. The molecule has 0 aliphatic rings. The van der Waals surface area contributed by atoms with E-state index in [1.165, 1.54) is 6.07 Å². The highest BCUT2D eigenvalue weighted by Crippen LogP contribution is 2.17. The zero-order valence-electron chi connectivity index (χ0n) is 11.3. The molecule has 1 rings (SSSR count). The number of benzene rings is 1. The van der Waals surface area contributed by atoms with Gasteiger partial charge < -0.3 is 10.1 Å². The summed E-state index contributed by atoms with van der Waals surface area (Å²) in [5, 5.41) is 3.05. The molecule has 0 aliphatic carbocycles. The van der Waals surface area contributed by atoms with Gasteiger partial charge in [0.15, 0.2) is 0 Å². The van der Waals surface area contributed by atoms with Gasteiger partial charge in [0.2, 0.25) is 0 Å². The fourth-order valence-corrected chi connectivity index (χ4v) is 1.85. The predicted octanol–water partition coefficient (Wildman–Crippen LogP) is 3.17. The van der Waals surface area contributed by atoms with E-state index in [-0.39, 0.29) is 18.3 Å². The van der Waals surface area contributed by atoms with Gasteiger partial charge in [0.25, 0.3) is 0 Å². The second kappa shape index (κ2) is 8.21. The monoisotopic (exact) mass is 293 g/mol. The molecule has 0 saturated heterocycles. The summed E-state index contributed by atoms with van der Waals surface area (Å²) < 4.78 is 54.4. The van der Waals surface area contributed by atoms with Gasteiger partial charge in [-0.05, 0) is 30.5 Å². The Bertz CT molecular complexity index is 395. The third-order valence-electron chi connectivity index (χ3n) is 2.77. The first-order valence-electron chi connectivity index (χ1n) is 6.51. The summed E-state index contributed by atoms with van der Waals surface area (Å²) in [7, 11) is 0. The van der Waals surface area contributed by atoms with Gasteiger partial charge >= 0.3 is 6.18 Å². The van der Waals surface area contributed by atoms with Gasteiger partial charge in [0.05, 0.1) is 6.61 Å². The molecule has 0 amide bonds. The van der Waals surface area contributed by atoms with E-state index in [9.17, 15) is 17.6 Å². The van der Waals surface area contributed by atoms with Crippen molar-refractivity contribution >= 4 is 0 Å². The van der Waals surface area contributed by atoms with Gasteiger partial charge in [0, 0.05) is 6.54 Å². The van der Waals surface area contributed by atoms with E-state index >= 15 is 0 Å². The molecule has 1 unspecified atom stereocenters. The third kappa shape index (κ3) is 6.86. The van der Waals surface area contributed by atoms with Gasteiger partial charge in [-0.15, -0.1) is 0 Å². The lowest BCUT2D eigenvalue weighted by molar-refractivity contribution is -0.176. The Morgan fingerprint density at radius 3 is 2.55 bits per heavy atom. The molecule has 6 heteroatoms. The molecular formula is C14H19F4NO. The molecule has 0 saturated carbocycles. The lowest BCUT2D eigenvalue weighted by atomic mass is 9.99. The van der Waals surface area contributed by atoms with Crippen molar-refractivity contribution < 1.29 is 22.3 Å². The van der Waals surface area contributed by atoms with Crippen LogP contribution in [0.3, 0.4) is 0 Å². The van der Waals surface area contributed by atoms with Crippen molar-refractivity contribution in [1.82, 2.24) is 5.32 Å². The number of alkyl halides is 3. The van der Waals surface area contributed by atoms with E-state index in [4.69, 9.17) is 0 Å². The lowest BCUT2D eigenvalue weighted by Gasteiger charge is -2.18. The van der Waals surface area contributed by atoms with E-state index < -0.39 is 12.8 Å². The van der Waals surface area contributed by atoms with Gasteiger partial charge in [-0.3, -0.25) is 0 Å². The van der Waals surface area contributed by atoms with E-state index in [1.807, 2.05) is 6.92 Å². The topological polar surface area (TPSA) is 21.3 Å². The van der Waals surface area contributed by atoms with Crippen molar-refractivity contribution in [2.45, 2.75) is 19.5 Å². The molecule has 0 aliphatic heterocycles. The molecule has 0 fully saturated rings. The van der Waals surface area contributed by atoms with Crippen molar-refractivity contribution in [3.63, 3.8) is 0 Å². The van der Waals surface area contributed by atoms with Gasteiger partial charge in [-0.1, -0.05) is 25.1 Å². The summed E-state index contributed by atoms with van der Waals surface area (Å²) in [4.78, 5) is 0. The van der Waals surface area contributed by atoms with Crippen LogP contribution in [-0.2, 0) is 11.2 Å². The Kier molecular flexibility index (Phi) is 6.95. The molecule has 0 radical (unpaired) electrons. The van der Waals surface area contributed by atoms with E-state index in [0.717, 1.165) is 0 Å². The summed E-state index contributed by atoms with van der Waals surface area (Å²) >= 11 is 0. The van der Waals surface area contributed by atoms with Crippen LogP contribution in [0.4, 0.5) is 17.6 Å². The number of halogens is 4. The minimum absolute atomic E-state index is 0.0547. The van der Waals surface area contributed by atoms with Crippen LogP contribution in [0.5, 0.6) is 0 Å². The smallest absolute Gasteiger partial charge is 0.372 e. The second-order valence-corrected chi connectivity index (χ2v) is 4.60. The highest BCUT2D eigenvalue weighted by atomic mass is 19.4. The highest BCUT2D eigenvalue weighted by molar-refractivity contribution is 5.17. The molecular weight excluding hydrogens is 274 g/mol. The summed E-state index contributed by atoms with van der Waals surface area (Å²) in [6.07, 6.45) is -3.99. The van der Waals surface area contributed by atoms with Crippen molar-refractivity contribution in [2.24, 2.45) is 5.92 Å². The van der Waals surface area contributed by atoms with Crippen LogP contribution in [0, 0.1) is 11.7 Å². The molecule has 2 nitrogen and oxygen atoms in total. The first-order chi connectivity index (χ1) is 9.42. The second-order valence-electron chi connectivity index (χ2n) is 4.60. The molecule has 0 bridgehead atoms. The largest absolute Gasteiger partial charge is 0.411 e. The van der Waals surface area contributed by atoms with Gasteiger partial charge in [0.1, 0.15) is 12.4 Å². The Morgan fingerprint density at radius 1 is 1.25 bits per heavy atom. The maximum Gasteiger partial charge on any atom is 0.411 e. The average molecular weight is 293 g/mol. The van der Waals surface area contributed by atoms with Crippen molar-refractivity contribution in [3.8, 4) is 0 Å². The van der Waals surface area contributed by atoms with Crippen molar-refractivity contribution in [1.29, 1.82) is 0 Å². The van der Waals surface area contributed by atoms with Crippen LogP contribution in [0.2, 0.25) is 0 Å². The summed E-state index contributed by atoms with van der Waals surface area (Å²) in [6.45, 7) is 1.76. The summed E-state index contributed by atoms with van der Waals surface area (Å²) in [6, 6.07) is 6.27. The zero-order chi connectivity index (χ0) is 15.0. The maximum absolute atomic E-state index is 13.5. The fraction of sp³-hybridized carbons (Fsp3) is 0.571. The molecule has 114 valence electrons. The summed E-state index contributed by atoms with van der Waals surface area (Å²) in [5.74, 6) is -0.543. The Hall–Kier alpha value is -1.14. The lowest BCUT2D eigenvalue weighted by Crippen LogP contribution is -2.29. The zero-order valence-corrected chi connectivity index (χ0v) is 11.3. The SMILES string of the molecule is CCNCC(COCC(F)(F)F)Cc1ccccc1F. The van der Waals surface area contributed by atoms with Crippen LogP contribution in [0.1, 0.15) is 12.5 Å². The van der Waals surface area contributed by atoms with E-state index in [0.29, 0.717) is 25.1 Å². The molecule has 0 spiro atoms. The molecule has 1 aromatic carbocycles. The third-order valence-corrected chi connectivity index (χ3v) is 2.77. The fourth-order valence-electron chi connectivity index (χ4n) is 1.85. The Morgan fingerprint density at radius 2 is 1.95 bits per heavy atom. The standard InChI is InChI=1S/C14H19F4NO/c1-2-19-8-11(9-20-10-14(16,17)18)7-12-5-3-4-6-13(12)15/h3-6,11,19H,2,7-10H2,1H3. The van der Waals surface area contributed by atoms with Crippen LogP contribution < -0.4 is 5.32 Å². The minimum atomic E-state index is -4.33. The maximum atomic E-state index is 13.5. The Balaban J connectivity index is 2.53.